The van der Waals surface area contributed by atoms with E-state index in [-0.39, 0.29) is 11.9 Å². The fourth-order valence-corrected chi connectivity index (χ4v) is 3.52. The zero-order chi connectivity index (χ0) is 20.6. The summed E-state index contributed by atoms with van der Waals surface area (Å²) in [6.45, 7) is 3.53. The van der Waals surface area contributed by atoms with Crippen molar-refractivity contribution in [2.45, 2.75) is 6.04 Å². The molecule has 1 saturated heterocycles. The molecule has 2 aromatic carbocycles. The topological polar surface area (TPSA) is 50.8 Å². The third-order valence-electron chi connectivity index (χ3n) is 4.83. The van der Waals surface area contributed by atoms with E-state index in [1.54, 1.807) is 25.3 Å². The summed E-state index contributed by atoms with van der Waals surface area (Å²) in [5.41, 5.74) is 1.94. The van der Waals surface area contributed by atoms with Crippen LogP contribution < -0.4 is 10.1 Å². The Morgan fingerprint density at radius 3 is 2.55 bits per heavy atom. The van der Waals surface area contributed by atoms with Crippen LogP contribution in [0.1, 0.15) is 17.2 Å². The average Bonchev–Trinajstić information content (AvgIpc) is 2.76. The lowest BCUT2D eigenvalue weighted by Crippen LogP contribution is -2.43. The average molecular weight is 435 g/mol. The highest BCUT2D eigenvalue weighted by Gasteiger charge is 2.23. The maximum Gasteiger partial charge on any atom is 0.244 e. The minimum atomic E-state index is -0.164. The largest absolute Gasteiger partial charge is 0.497 e. The van der Waals surface area contributed by atoms with Gasteiger partial charge in [0.1, 0.15) is 5.75 Å². The summed E-state index contributed by atoms with van der Waals surface area (Å²) in [4.78, 5) is 14.7. The maximum absolute atomic E-state index is 12.4. The number of carbonyl (C=O) groups is 1. The second-order valence-corrected chi connectivity index (χ2v) is 7.50. The molecule has 1 aliphatic heterocycles. The van der Waals surface area contributed by atoms with Gasteiger partial charge in [-0.3, -0.25) is 9.69 Å². The highest BCUT2D eigenvalue weighted by molar-refractivity contribution is 6.42. The fraction of sp³-hybridized carbons (Fsp3) is 0.318. The van der Waals surface area contributed by atoms with E-state index in [0.29, 0.717) is 29.8 Å². The van der Waals surface area contributed by atoms with Gasteiger partial charge in [-0.15, -0.1) is 0 Å². The summed E-state index contributed by atoms with van der Waals surface area (Å²) in [6.07, 6.45) is 3.22. The van der Waals surface area contributed by atoms with Gasteiger partial charge in [0.2, 0.25) is 5.91 Å². The second kappa shape index (κ2) is 10.6. The molecule has 3 rings (SSSR count). The molecule has 1 aliphatic rings. The summed E-state index contributed by atoms with van der Waals surface area (Å²) in [7, 11) is 1.65. The normalized spacial score (nSPS) is 16.0. The number of amides is 1. The molecule has 5 nitrogen and oxygen atoms in total. The van der Waals surface area contributed by atoms with Gasteiger partial charge in [-0.25, -0.2) is 0 Å². The van der Waals surface area contributed by atoms with Crippen molar-refractivity contribution in [2.24, 2.45) is 0 Å². The third-order valence-corrected chi connectivity index (χ3v) is 5.57. The zero-order valence-electron chi connectivity index (χ0n) is 16.2. The van der Waals surface area contributed by atoms with Crippen LogP contribution in [0.25, 0.3) is 6.08 Å². The van der Waals surface area contributed by atoms with E-state index in [1.807, 2.05) is 30.3 Å². The Balaban J connectivity index is 1.65. The van der Waals surface area contributed by atoms with Gasteiger partial charge in [0.05, 0.1) is 36.4 Å². The molecule has 0 radical (unpaired) electrons. The van der Waals surface area contributed by atoms with Crippen molar-refractivity contribution < 1.29 is 14.3 Å². The first-order valence-corrected chi connectivity index (χ1v) is 10.2. The zero-order valence-corrected chi connectivity index (χ0v) is 17.7. The molecule has 7 heteroatoms. The molecule has 154 valence electrons. The van der Waals surface area contributed by atoms with Gasteiger partial charge in [-0.05, 0) is 41.5 Å². The number of benzene rings is 2. The molecule has 0 aromatic heterocycles. The number of rotatable bonds is 7. The number of carbonyl (C=O) groups excluding carboxylic acids is 1. The molecule has 1 amide bonds. The minimum absolute atomic E-state index is 0.0622. The van der Waals surface area contributed by atoms with Crippen LogP contribution in [0.15, 0.2) is 48.5 Å². The van der Waals surface area contributed by atoms with Gasteiger partial charge in [-0.2, -0.15) is 0 Å². The Hall–Kier alpha value is -2.05. The van der Waals surface area contributed by atoms with Crippen LogP contribution in [-0.2, 0) is 9.53 Å². The van der Waals surface area contributed by atoms with E-state index < -0.39 is 0 Å². The van der Waals surface area contributed by atoms with Gasteiger partial charge < -0.3 is 14.8 Å². The highest BCUT2D eigenvalue weighted by atomic mass is 35.5. The number of methoxy groups -OCH3 is 1. The van der Waals surface area contributed by atoms with E-state index in [4.69, 9.17) is 32.7 Å². The Kier molecular flexibility index (Phi) is 7.95. The number of hydrogen-bond donors (Lipinski definition) is 1. The number of nitrogens with zero attached hydrogens (tertiary/aromatic N) is 1. The molecule has 0 aliphatic carbocycles. The first kappa shape index (κ1) is 21.7. The summed E-state index contributed by atoms with van der Waals surface area (Å²) in [5.74, 6) is 0.644. The highest BCUT2D eigenvalue weighted by Crippen LogP contribution is 2.24. The molecule has 0 bridgehead atoms. The van der Waals surface area contributed by atoms with Gasteiger partial charge in [0, 0.05) is 25.7 Å². The van der Waals surface area contributed by atoms with Crippen molar-refractivity contribution >= 4 is 35.2 Å². The molecule has 29 heavy (non-hydrogen) atoms. The maximum atomic E-state index is 12.4. The van der Waals surface area contributed by atoms with Crippen molar-refractivity contribution in [3.05, 3.63) is 69.7 Å². The van der Waals surface area contributed by atoms with Crippen molar-refractivity contribution in [3.8, 4) is 5.75 Å². The lowest BCUT2D eigenvalue weighted by atomic mass is 10.0. The van der Waals surface area contributed by atoms with Crippen LogP contribution in [-0.4, -0.2) is 50.8 Å². The lowest BCUT2D eigenvalue weighted by Gasteiger charge is -2.34. The Bertz CT molecular complexity index is 850. The molecule has 2 aromatic rings. The van der Waals surface area contributed by atoms with Crippen LogP contribution in [0, 0.1) is 0 Å². The lowest BCUT2D eigenvalue weighted by molar-refractivity contribution is -0.116. The summed E-state index contributed by atoms with van der Waals surface area (Å²) in [6, 6.07) is 13.3. The predicted octanol–water partition coefficient (Wildman–Crippen LogP) is 4.20. The van der Waals surface area contributed by atoms with E-state index in [2.05, 4.69) is 10.2 Å². The monoisotopic (exact) mass is 434 g/mol. The van der Waals surface area contributed by atoms with Crippen LogP contribution in [0.3, 0.4) is 0 Å². The standard InChI is InChI=1S/C22H24Cl2N2O3/c1-28-18-6-4-17(5-7-18)21(26-10-12-29-13-11-26)15-25-22(27)9-3-16-2-8-19(23)20(24)14-16/h2-9,14,21H,10-13,15H2,1H3,(H,25,27)/b9-3+. The number of ether oxygens (including phenoxy) is 2. The Morgan fingerprint density at radius 2 is 1.90 bits per heavy atom. The first-order chi connectivity index (χ1) is 14.1. The van der Waals surface area contributed by atoms with Crippen molar-refractivity contribution in [2.75, 3.05) is 40.0 Å². The molecular weight excluding hydrogens is 411 g/mol. The van der Waals surface area contributed by atoms with Crippen LogP contribution >= 0.6 is 23.2 Å². The van der Waals surface area contributed by atoms with Crippen molar-refractivity contribution in [3.63, 3.8) is 0 Å². The summed E-state index contributed by atoms with van der Waals surface area (Å²) >= 11 is 11.9. The number of halogens is 2. The number of nitrogens with one attached hydrogen (secondary N) is 1. The van der Waals surface area contributed by atoms with Crippen LogP contribution in [0.5, 0.6) is 5.75 Å². The van der Waals surface area contributed by atoms with Crippen LogP contribution in [0.2, 0.25) is 10.0 Å². The molecule has 1 atom stereocenters. The molecular formula is C22H24Cl2N2O3. The fourth-order valence-electron chi connectivity index (χ4n) is 3.22. The van der Waals surface area contributed by atoms with Gasteiger partial charge in [-0.1, -0.05) is 41.4 Å². The van der Waals surface area contributed by atoms with Gasteiger partial charge in [0.25, 0.3) is 0 Å². The molecule has 0 spiro atoms. The number of hydrogen-bond acceptors (Lipinski definition) is 4. The smallest absolute Gasteiger partial charge is 0.244 e. The van der Waals surface area contributed by atoms with E-state index in [9.17, 15) is 4.79 Å². The Morgan fingerprint density at radius 1 is 1.17 bits per heavy atom. The van der Waals surface area contributed by atoms with Crippen molar-refractivity contribution in [1.82, 2.24) is 10.2 Å². The van der Waals surface area contributed by atoms with Crippen molar-refractivity contribution in [1.29, 1.82) is 0 Å². The van der Waals surface area contributed by atoms with Gasteiger partial charge >= 0.3 is 0 Å². The number of morpholine rings is 1. The summed E-state index contributed by atoms with van der Waals surface area (Å²) < 4.78 is 10.7. The Labute approximate surface area is 181 Å². The van der Waals surface area contributed by atoms with Gasteiger partial charge in [0.15, 0.2) is 0 Å². The van der Waals surface area contributed by atoms with E-state index in [0.717, 1.165) is 30.0 Å². The van der Waals surface area contributed by atoms with E-state index >= 15 is 0 Å². The molecule has 1 unspecified atom stereocenters. The first-order valence-electron chi connectivity index (χ1n) is 9.43. The SMILES string of the molecule is COc1ccc(C(CNC(=O)/C=C/c2ccc(Cl)c(Cl)c2)N2CCOCC2)cc1. The quantitative estimate of drug-likeness (QED) is 0.663. The second-order valence-electron chi connectivity index (χ2n) is 6.69. The predicted molar refractivity (Wildman–Crippen MR) is 117 cm³/mol. The molecule has 1 fully saturated rings. The molecule has 1 heterocycles. The molecule has 0 saturated carbocycles. The van der Waals surface area contributed by atoms with Crippen LogP contribution in [0.4, 0.5) is 0 Å². The van der Waals surface area contributed by atoms with E-state index in [1.165, 1.54) is 6.08 Å². The molecule has 1 N–H and O–H groups in total. The minimum Gasteiger partial charge on any atom is -0.497 e. The third kappa shape index (κ3) is 6.21. The summed E-state index contributed by atoms with van der Waals surface area (Å²) in [5, 5.41) is 3.95.